The number of aromatic nitrogens is 3. The van der Waals surface area contributed by atoms with E-state index in [1.165, 1.54) is 11.8 Å². The third-order valence-corrected chi connectivity index (χ3v) is 5.70. The second kappa shape index (κ2) is 8.40. The number of thioether (sulfide) groups is 1. The number of hydrogen-bond acceptors (Lipinski definition) is 7. The summed E-state index contributed by atoms with van der Waals surface area (Å²) in [4.78, 5) is 14.9. The second-order valence-corrected chi connectivity index (χ2v) is 8.70. The lowest BCUT2D eigenvalue weighted by molar-refractivity contribution is -0.115. The molecule has 1 aromatic heterocycles. The number of hydrogen-bond donors (Lipinski definition) is 1. The summed E-state index contributed by atoms with van der Waals surface area (Å²) in [7, 11) is 3.46. The van der Waals surface area contributed by atoms with E-state index in [-0.39, 0.29) is 16.8 Å². The van der Waals surface area contributed by atoms with Gasteiger partial charge < -0.3 is 24.3 Å². The van der Waals surface area contributed by atoms with Crippen molar-refractivity contribution in [3.63, 3.8) is 0 Å². The molecule has 1 aliphatic heterocycles. The molecular weight excluding hydrogens is 378 g/mol. The highest BCUT2D eigenvalue weighted by Crippen LogP contribution is 2.32. The first-order chi connectivity index (χ1) is 13.3. The van der Waals surface area contributed by atoms with E-state index in [1.54, 1.807) is 18.0 Å². The van der Waals surface area contributed by atoms with Crippen LogP contribution in [0.1, 0.15) is 20.8 Å². The van der Waals surface area contributed by atoms with Crippen molar-refractivity contribution in [3.05, 3.63) is 24.5 Å². The molecule has 2 heterocycles. The molecule has 9 heteroatoms. The van der Waals surface area contributed by atoms with Crippen LogP contribution in [-0.2, 0) is 16.6 Å². The van der Waals surface area contributed by atoms with Crippen LogP contribution in [0.2, 0.25) is 0 Å². The zero-order valence-corrected chi connectivity index (χ0v) is 17.7. The Labute approximate surface area is 169 Å². The molecule has 0 spiro atoms. The SMILES string of the molecule is COc1cc(N2CCOC(C)(C)C2)ccc1NC(=O)[C@H](C)Sc1nncn1C. The Bertz CT molecular complexity index is 839. The fourth-order valence-electron chi connectivity index (χ4n) is 3.04. The number of carbonyl (C=O) groups excluding carboxylic acids is 1. The first kappa shape index (κ1) is 20.5. The fraction of sp³-hybridized carbons (Fsp3) is 0.526. The highest BCUT2D eigenvalue weighted by molar-refractivity contribution is 8.00. The average molecular weight is 406 g/mol. The summed E-state index contributed by atoms with van der Waals surface area (Å²) >= 11 is 1.36. The van der Waals surface area contributed by atoms with E-state index in [1.807, 2.05) is 32.2 Å². The normalized spacial score (nSPS) is 17.2. The van der Waals surface area contributed by atoms with E-state index in [4.69, 9.17) is 9.47 Å². The van der Waals surface area contributed by atoms with Gasteiger partial charge in [0.2, 0.25) is 5.91 Å². The number of carbonyl (C=O) groups is 1. The first-order valence-corrected chi connectivity index (χ1v) is 10.1. The molecule has 0 radical (unpaired) electrons. The van der Waals surface area contributed by atoms with Crippen LogP contribution < -0.4 is 15.0 Å². The predicted octanol–water partition coefficient (Wildman–Crippen LogP) is 2.56. The van der Waals surface area contributed by atoms with Crippen molar-refractivity contribution in [2.24, 2.45) is 7.05 Å². The Balaban J connectivity index is 1.70. The lowest BCUT2D eigenvalue weighted by Crippen LogP contribution is -2.48. The Morgan fingerprint density at radius 1 is 1.43 bits per heavy atom. The number of ether oxygens (including phenoxy) is 2. The van der Waals surface area contributed by atoms with Crippen LogP contribution in [0.4, 0.5) is 11.4 Å². The molecule has 1 saturated heterocycles. The molecule has 8 nitrogen and oxygen atoms in total. The molecule has 0 aliphatic carbocycles. The van der Waals surface area contributed by atoms with Crippen molar-refractivity contribution in [2.75, 3.05) is 37.0 Å². The van der Waals surface area contributed by atoms with Gasteiger partial charge >= 0.3 is 0 Å². The summed E-state index contributed by atoms with van der Waals surface area (Å²) in [5.41, 5.74) is 1.51. The van der Waals surface area contributed by atoms with Crippen molar-refractivity contribution in [1.29, 1.82) is 0 Å². The molecule has 1 aromatic carbocycles. The van der Waals surface area contributed by atoms with Crippen LogP contribution in [-0.4, -0.2) is 58.3 Å². The Kier molecular flexibility index (Phi) is 6.14. The molecular formula is C19H27N5O3S. The van der Waals surface area contributed by atoms with Gasteiger partial charge in [0.05, 0.1) is 30.3 Å². The maximum absolute atomic E-state index is 12.6. The van der Waals surface area contributed by atoms with Crippen LogP contribution in [0.25, 0.3) is 0 Å². The number of nitrogens with zero attached hydrogens (tertiary/aromatic N) is 4. The van der Waals surface area contributed by atoms with Gasteiger partial charge in [0.1, 0.15) is 12.1 Å². The van der Waals surface area contributed by atoms with Crippen LogP contribution in [0.3, 0.4) is 0 Å². The third kappa shape index (κ3) is 4.77. The fourth-order valence-corrected chi connectivity index (χ4v) is 3.83. The quantitative estimate of drug-likeness (QED) is 0.740. The van der Waals surface area contributed by atoms with Crippen LogP contribution in [0.5, 0.6) is 5.75 Å². The maximum Gasteiger partial charge on any atom is 0.237 e. The highest BCUT2D eigenvalue weighted by atomic mass is 32.2. The predicted molar refractivity (Wildman–Crippen MR) is 110 cm³/mol. The van der Waals surface area contributed by atoms with Crippen LogP contribution in [0, 0.1) is 0 Å². The summed E-state index contributed by atoms with van der Waals surface area (Å²) in [6, 6.07) is 5.84. The lowest BCUT2D eigenvalue weighted by Gasteiger charge is -2.39. The van der Waals surface area contributed by atoms with E-state index in [9.17, 15) is 4.79 Å². The second-order valence-electron chi connectivity index (χ2n) is 7.39. The molecule has 0 unspecified atom stereocenters. The van der Waals surface area contributed by atoms with Gasteiger partial charge in [-0.3, -0.25) is 4.79 Å². The maximum atomic E-state index is 12.6. The lowest BCUT2D eigenvalue weighted by atomic mass is 10.1. The standard InChI is InChI=1S/C19H27N5O3S/c1-13(28-18-22-20-12-23(18)4)17(25)21-15-7-6-14(10-16(15)26-5)24-8-9-27-19(2,3)11-24/h6-7,10,12-13H,8-9,11H2,1-5H3,(H,21,25)/t13-/m0/s1. The molecule has 2 aromatic rings. The molecule has 3 rings (SSSR count). The number of anilines is 2. The zero-order valence-electron chi connectivity index (χ0n) is 16.9. The molecule has 1 aliphatic rings. The Morgan fingerprint density at radius 3 is 2.86 bits per heavy atom. The molecule has 28 heavy (non-hydrogen) atoms. The van der Waals surface area contributed by atoms with Crippen LogP contribution in [0.15, 0.2) is 29.7 Å². The van der Waals surface area contributed by atoms with E-state index in [0.717, 1.165) is 18.8 Å². The molecule has 0 bridgehead atoms. The third-order valence-electron chi connectivity index (χ3n) is 4.56. The van der Waals surface area contributed by atoms with Gasteiger partial charge in [-0.25, -0.2) is 0 Å². The largest absolute Gasteiger partial charge is 0.494 e. The number of morpholine rings is 1. The van der Waals surface area contributed by atoms with Gasteiger partial charge in [0, 0.05) is 31.9 Å². The van der Waals surface area contributed by atoms with Crippen molar-refractivity contribution >= 4 is 29.0 Å². The van der Waals surface area contributed by atoms with Gasteiger partial charge in [-0.05, 0) is 32.9 Å². The van der Waals surface area contributed by atoms with E-state index in [0.29, 0.717) is 23.2 Å². The van der Waals surface area contributed by atoms with Crippen LogP contribution >= 0.6 is 11.8 Å². The van der Waals surface area contributed by atoms with Crippen molar-refractivity contribution in [1.82, 2.24) is 14.8 Å². The monoisotopic (exact) mass is 405 g/mol. The van der Waals surface area contributed by atoms with E-state index in [2.05, 4.69) is 34.3 Å². The van der Waals surface area contributed by atoms with Gasteiger partial charge in [-0.1, -0.05) is 11.8 Å². The van der Waals surface area contributed by atoms with Crippen molar-refractivity contribution in [2.45, 2.75) is 36.8 Å². The Morgan fingerprint density at radius 2 is 2.21 bits per heavy atom. The Hall–Kier alpha value is -2.26. The number of rotatable bonds is 6. The smallest absolute Gasteiger partial charge is 0.237 e. The minimum atomic E-state index is -0.327. The van der Waals surface area contributed by atoms with Crippen molar-refractivity contribution < 1.29 is 14.3 Å². The number of amides is 1. The van der Waals surface area contributed by atoms with Gasteiger partial charge in [0.25, 0.3) is 0 Å². The van der Waals surface area contributed by atoms with E-state index >= 15 is 0 Å². The molecule has 152 valence electrons. The van der Waals surface area contributed by atoms with Gasteiger partial charge in [-0.15, -0.1) is 10.2 Å². The number of nitrogens with one attached hydrogen (secondary N) is 1. The summed E-state index contributed by atoms with van der Waals surface area (Å²) in [6.07, 6.45) is 1.61. The molecule has 1 fully saturated rings. The number of methoxy groups -OCH3 is 1. The molecule has 1 atom stereocenters. The average Bonchev–Trinajstić information content (AvgIpc) is 3.05. The summed E-state index contributed by atoms with van der Waals surface area (Å²) in [6.45, 7) is 8.31. The number of aryl methyl sites for hydroxylation is 1. The minimum Gasteiger partial charge on any atom is -0.494 e. The first-order valence-electron chi connectivity index (χ1n) is 9.17. The zero-order chi connectivity index (χ0) is 20.3. The minimum absolute atomic E-state index is 0.119. The van der Waals surface area contributed by atoms with Gasteiger partial charge in [0.15, 0.2) is 5.16 Å². The molecule has 0 saturated carbocycles. The van der Waals surface area contributed by atoms with E-state index < -0.39 is 0 Å². The molecule has 1 N–H and O–H groups in total. The van der Waals surface area contributed by atoms with Crippen molar-refractivity contribution in [3.8, 4) is 5.75 Å². The molecule has 1 amide bonds. The van der Waals surface area contributed by atoms with Gasteiger partial charge in [-0.2, -0.15) is 0 Å². The highest BCUT2D eigenvalue weighted by Gasteiger charge is 2.28. The summed E-state index contributed by atoms with van der Waals surface area (Å²) < 4.78 is 13.1. The topological polar surface area (TPSA) is 81.5 Å². The summed E-state index contributed by atoms with van der Waals surface area (Å²) in [5.74, 6) is 0.512. The summed E-state index contributed by atoms with van der Waals surface area (Å²) in [5, 5.41) is 11.2. The number of benzene rings is 1.